The van der Waals surface area contributed by atoms with E-state index in [0.717, 1.165) is 4.88 Å². The number of carbonyl (C=O) groups is 1. The van der Waals surface area contributed by atoms with Crippen LogP contribution in [0.1, 0.15) is 11.3 Å². The molecule has 0 bridgehead atoms. The number of nitrogens with zero attached hydrogens (tertiary/aromatic N) is 3. The molecule has 2 heterocycles. The van der Waals surface area contributed by atoms with E-state index in [9.17, 15) is 13.6 Å². The molecule has 1 atom stereocenters. The van der Waals surface area contributed by atoms with Crippen LogP contribution >= 0.6 is 11.3 Å². The maximum absolute atomic E-state index is 14.1. The Labute approximate surface area is 173 Å². The van der Waals surface area contributed by atoms with Crippen LogP contribution < -0.4 is 15.5 Å². The van der Waals surface area contributed by atoms with Crippen LogP contribution in [0.4, 0.5) is 14.5 Å². The zero-order chi connectivity index (χ0) is 20.8. The monoisotopic (exact) mass is 421 g/mol. The van der Waals surface area contributed by atoms with Crippen molar-refractivity contribution in [3.63, 3.8) is 0 Å². The zero-order valence-corrected chi connectivity index (χ0v) is 17.3. The normalized spacial score (nSPS) is 16.8. The van der Waals surface area contributed by atoms with E-state index in [0.29, 0.717) is 32.0 Å². The van der Waals surface area contributed by atoms with Crippen LogP contribution in [0.15, 0.2) is 40.7 Å². The van der Waals surface area contributed by atoms with E-state index in [1.807, 2.05) is 17.5 Å². The number of benzene rings is 1. The highest BCUT2D eigenvalue weighted by atomic mass is 32.1. The first-order chi connectivity index (χ1) is 13.9. The Morgan fingerprint density at radius 2 is 2.03 bits per heavy atom. The van der Waals surface area contributed by atoms with Crippen molar-refractivity contribution in [2.24, 2.45) is 4.99 Å². The van der Waals surface area contributed by atoms with Gasteiger partial charge in [0.15, 0.2) is 5.96 Å². The summed E-state index contributed by atoms with van der Waals surface area (Å²) in [5.41, 5.74) is 0.00428. The molecule has 1 saturated heterocycles. The topological polar surface area (TPSA) is 60.0 Å². The zero-order valence-electron chi connectivity index (χ0n) is 16.5. The first-order valence-electron chi connectivity index (χ1n) is 9.40. The van der Waals surface area contributed by atoms with E-state index in [4.69, 9.17) is 0 Å². The SMILES string of the molecule is CN(C)C(=O)CN=C(NCc1cccs1)NC1CCN(c2c(F)cccc2F)C1. The van der Waals surface area contributed by atoms with Gasteiger partial charge in [-0.15, -0.1) is 11.3 Å². The van der Waals surface area contributed by atoms with Crippen molar-refractivity contribution >= 4 is 28.9 Å². The minimum Gasteiger partial charge on any atom is -0.365 e. The lowest BCUT2D eigenvalue weighted by Crippen LogP contribution is -2.45. The van der Waals surface area contributed by atoms with Crippen molar-refractivity contribution in [1.29, 1.82) is 0 Å². The van der Waals surface area contributed by atoms with E-state index in [1.165, 1.54) is 23.1 Å². The first-order valence-corrected chi connectivity index (χ1v) is 10.3. The predicted octanol–water partition coefficient (Wildman–Crippen LogP) is 2.43. The largest absolute Gasteiger partial charge is 0.365 e. The fourth-order valence-electron chi connectivity index (χ4n) is 3.09. The number of nitrogens with one attached hydrogen (secondary N) is 2. The summed E-state index contributed by atoms with van der Waals surface area (Å²) in [6.07, 6.45) is 0.703. The maximum atomic E-state index is 14.1. The van der Waals surface area contributed by atoms with Gasteiger partial charge in [-0.1, -0.05) is 12.1 Å². The summed E-state index contributed by atoms with van der Waals surface area (Å²) >= 11 is 1.63. The quantitative estimate of drug-likeness (QED) is 0.556. The number of likely N-dealkylation sites (N-methyl/N-ethyl adjacent to an activating group) is 1. The summed E-state index contributed by atoms with van der Waals surface area (Å²) in [5, 5.41) is 8.52. The van der Waals surface area contributed by atoms with Gasteiger partial charge >= 0.3 is 0 Å². The number of para-hydroxylation sites is 1. The molecular weight excluding hydrogens is 396 g/mol. The fraction of sp³-hybridized carbons (Fsp3) is 0.400. The van der Waals surface area contributed by atoms with Crippen molar-refractivity contribution in [2.45, 2.75) is 19.0 Å². The fourth-order valence-corrected chi connectivity index (χ4v) is 3.73. The Kier molecular flexibility index (Phi) is 7.03. The molecular formula is C20H25F2N5OS. The lowest BCUT2D eigenvalue weighted by Gasteiger charge is -2.21. The molecule has 0 saturated carbocycles. The minimum absolute atomic E-state index is 0.00428. The van der Waals surface area contributed by atoms with E-state index in [-0.39, 0.29) is 24.2 Å². The molecule has 2 aromatic rings. The molecule has 1 aromatic heterocycles. The van der Waals surface area contributed by atoms with Gasteiger partial charge in [-0.3, -0.25) is 4.79 Å². The second-order valence-corrected chi connectivity index (χ2v) is 8.06. The van der Waals surface area contributed by atoms with Crippen LogP contribution in [0, 0.1) is 11.6 Å². The van der Waals surface area contributed by atoms with Crippen LogP contribution in [-0.2, 0) is 11.3 Å². The van der Waals surface area contributed by atoms with Crippen molar-refractivity contribution < 1.29 is 13.6 Å². The van der Waals surface area contributed by atoms with Gasteiger partial charge in [0.2, 0.25) is 5.91 Å². The molecule has 156 valence electrons. The van der Waals surface area contributed by atoms with E-state index < -0.39 is 11.6 Å². The summed E-state index contributed by atoms with van der Waals surface area (Å²) < 4.78 is 28.2. The van der Waals surface area contributed by atoms with Gasteiger partial charge in [0.05, 0.1) is 6.54 Å². The van der Waals surface area contributed by atoms with Gasteiger partial charge in [0.1, 0.15) is 23.9 Å². The standard InChI is InChI=1S/C20H25F2N5OS/c1-26(2)18(28)12-24-20(23-11-15-5-4-10-29-15)25-14-8-9-27(13-14)19-16(21)6-3-7-17(19)22/h3-7,10,14H,8-9,11-13H2,1-2H3,(H2,23,24,25). The second-order valence-electron chi connectivity index (χ2n) is 7.03. The molecule has 6 nitrogen and oxygen atoms in total. The highest BCUT2D eigenvalue weighted by molar-refractivity contribution is 7.09. The number of anilines is 1. The molecule has 29 heavy (non-hydrogen) atoms. The van der Waals surface area contributed by atoms with Gasteiger partial charge < -0.3 is 20.4 Å². The summed E-state index contributed by atoms with van der Waals surface area (Å²) in [6, 6.07) is 7.83. The number of halogens is 2. The third kappa shape index (κ3) is 5.66. The summed E-state index contributed by atoms with van der Waals surface area (Å²) in [5.74, 6) is -0.725. The molecule has 1 aliphatic rings. The van der Waals surface area contributed by atoms with Crippen LogP contribution in [0.25, 0.3) is 0 Å². The first kappa shape index (κ1) is 21.0. The Morgan fingerprint density at radius 3 is 2.69 bits per heavy atom. The number of rotatable bonds is 6. The molecule has 1 aromatic carbocycles. The number of aliphatic imine (C=N–C) groups is 1. The molecule has 1 fully saturated rings. The summed E-state index contributed by atoms with van der Waals surface area (Å²) in [4.78, 5) is 20.6. The lowest BCUT2D eigenvalue weighted by atomic mass is 10.2. The molecule has 0 spiro atoms. The molecule has 1 amide bonds. The maximum Gasteiger partial charge on any atom is 0.243 e. The Bertz CT molecular complexity index is 836. The average molecular weight is 422 g/mol. The van der Waals surface area contributed by atoms with Gasteiger partial charge in [-0.2, -0.15) is 0 Å². The van der Waals surface area contributed by atoms with Gasteiger partial charge in [-0.25, -0.2) is 13.8 Å². The molecule has 0 aliphatic carbocycles. The number of carbonyl (C=O) groups excluding carboxylic acids is 1. The smallest absolute Gasteiger partial charge is 0.243 e. The van der Waals surface area contributed by atoms with Crippen molar-refractivity contribution in [3.8, 4) is 0 Å². The number of amides is 1. The van der Waals surface area contributed by atoms with Crippen molar-refractivity contribution in [1.82, 2.24) is 15.5 Å². The van der Waals surface area contributed by atoms with Crippen LogP contribution in [-0.4, -0.2) is 56.5 Å². The van der Waals surface area contributed by atoms with E-state index in [1.54, 1.807) is 30.3 Å². The van der Waals surface area contributed by atoms with E-state index in [2.05, 4.69) is 15.6 Å². The molecule has 0 radical (unpaired) electrons. The number of hydrogen-bond acceptors (Lipinski definition) is 4. The number of guanidine groups is 1. The van der Waals surface area contributed by atoms with Crippen LogP contribution in [0.5, 0.6) is 0 Å². The van der Waals surface area contributed by atoms with Crippen molar-refractivity contribution in [3.05, 3.63) is 52.2 Å². The second kappa shape index (κ2) is 9.69. The number of thiophene rings is 1. The molecule has 3 rings (SSSR count). The minimum atomic E-state index is -0.563. The molecule has 9 heteroatoms. The highest BCUT2D eigenvalue weighted by Gasteiger charge is 2.27. The summed E-state index contributed by atoms with van der Waals surface area (Å²) in [6.45, 7) is 1.58. The Morgan fingerprint density at radius 1 is 1.28 bits per heavy atom. The van der Waals surface area contributed by atoms with Crippen LogP contribution in [0.3, 0.4) is 0 Å². The molecule has 1 aliphatic heterocycles. The van der Waals surface area contributed by atoms with Gasteiger partial charge in [-0.05, 0) is 30.0 Å². The van der Waals surface area contributed by atoms with E-state index >= 15 is 0 Å². The highest BCUT2D eigenvalue weighted by Crippen LogP contribution is 2.26. The molecule has 1 unspecified atom stereocenters. The Hall–Kier alpha value is -2.68. The van der Waals surface area contributed by atoms with Crippen LogP contribution in [0.2, 0.25) is 0 Å². The number of hydrogen-bond donors (Lipinski definition) is 2. The lowest BCUT2D eigenvalue weighted by molar-refractivity contribution is -0.127. The third-order valence-corrected chi connectivity index (χ3v) is 5.54. The third-order valence-electron chi connectivity index (χ3n) is 4.66. The Balaban J connectivity index is 1.65. The average Bonchev–Trinajstić information content (AvgIpc) is 3.35. The molecule has 2 N–H and O–H groups in total. The van der Waals surface area contributed by atoms with Gasteiger partial charge in [0.25, 0.3) is 0 Å². The summed E-state index contributed by atoms with van der Waals surface area (Å²) in [7, 11) is 3.36. The predicted molar refractivity (Wildman–Crippen MR) is 112 cm³/mol. The van der Waals surface area contributed by atoms with Gasteiger partial charge in [0, 0.05) is 38.1 Å². The van der Waals surface area contributed by atoms with Crippen molar-refractivity contribution in [2.75, 3.05) is 38.6 Å².